The van der Waals surface area contributed by atoms with Gasteiger partial charge in [-0.3, -0.25) is 14.9 Å². The lowest BCUT2D eigenvalue weighted by Crippen LogP contribution is -2.38. The van der Waals surface area contributed by atoms with E-state index in [9.17, 15) is 14.9 Å². The van der Waals surface area contributed by atoms with Crippen molar-refractivity contribution in [2.24, 2.45) is 0 Å². The first-order valence-corrected chi connectivity index (χ1v) is 8.26. The number of carbonyl (C=O) groups is 1. The Labute approximate surface area is 141 Å². The molecular formula is C17H24N2O5. The van der Waals surface area contributed by atoms with Crippen molar-refractivity contribution in [2.45, 2.75) is 45.1 Å². The number of nitro groups is 1. The van der Waals surface area contributed by atoms with Gasteiger partial charge in [0, 0.05) is 19.2 Å². The number of benzene rings is 1. The Bertz CT molecular complexity index is 611. The maximum atomic E-state index is 12.9. The van der Waals surface area contributed by atoms with Crippen LogP contribution in [-0.2, 0) is 0 Å². The van der Waals surface area contributed by atoms with Crippen LogP contribution in [0.25, 0.3) is 0 Å². The monoisotopic (exact) mass is 336 g/mol. The summed E-state index contributed by atoms with van der Waals surface area (Å²) in [4.78, 5) is 25.3. The predicted octanol–water partition coefficient (Wildman–Crippen LogP) is 3.41. The first-order valence-electron chi connectivity index (χ1n) is 8.26. The van der Waals surface area contributed by atoms with Crippen molar-refractivity contribution >= 4 is 11.6 Å². The number of hydrogen-bond donors (Lipinski definition) is 0. The first kappa shape index (κ1) is 18.0. The van der Waals surface area contributed by atoms with Crippen LogP contribution < -0.4 is 9.47 Å². The zero-order chi connectivity index (χ0) is 17.7. The normalized spacial score (nSPS) is 15.0. The van der Waals surface area contributed by atoms with Gasteiger partial charge in [0.2, 0.25) is 0 Å². The fourth-order valence-corrected chi connectivity index (χ4v) is 3.12. The Hall–Kier alpha value is -2.31. The molecule has 1 amide bonds. The Kier molecular flexibility index (Phi) is 6.00. The Morgan fingerprint density at radius 3 is 2.50 bits per heavy atom. The number of carbonyl (C=O) groups excluding carboxylic acids is 1. The number of methoxy groups -OCH3 is 1. The van der Waals surface area contributed by atoms with Crippen LogP contribution in [0.15, 0.2) is 12.1 Å². The molecule has 0 N–H and O–H groups in total. The molecule has 132 valence electrons. The molecule has 1 aliphatic carbocycles. The van der Waals surface area contributed by atoms with E-state index in [1.54, 1.807) is 18.9 Å². The van der Waals surface area contributed by atoms with E-state index in [4.69, 9.17) is 9.47 Å². The van der Waals surface area contributed by atoms with Crippen LogP contribution in [0.4, 0.5) is 5.69 Å². The van der Waals surface area contributed by atoms with Gasteiger partial charge in [0.15, 0.2) is 11.5 Å². The van der Waals surface area contributed by atoms with Gasteiger partial charge in [-0.05, 0) is 19.8 Å². The lowest BCUT2D eigenvalue weighted by Gasteiger charge is -2.31. The number of rotatable bonds is 6. The van der Waals surface area contributed by atoms with Crippen LogP contribution in [-0.4, -0.2) is 42.5 Å². The fourth-order valence-electron chi connectivity index (χ4n) is 3.12. The van der Waals surface area contributed by atoms with Gasteiger partial charge in [-0.2, -0.15) is 0 Å². The largest absolute Gasteiger partial charge is 0.493 e. The standard InChI is InChI=1S/C17H24N2O5/c1-4-24-16-10-13(14(19(21)22)11-15(16)23-3)17(20)18(2)12-8-6-5-7-9-12/h10-12H,4-9H2,1-3H3. The molecule has 0 bridgehead atoms. The van der Waals surface area contributed by atoms with Crippen molar-refractivity contribution in [3.8, 4) is 11.5 Å². The number of amides is 1. The van der Waals surface area contributed by atoms with Crippen molar-refractivity contribution in [3.05, 3.63) is 27.8 Å². The minimum Gasteiger partial charge on any atom is -0.493 e. The zero-order valence-corrected chi connectivity index (χ0v) is 14.4. The number of ether oxygens (including phenoxy) is 2. The average molecular weight is 336 g/mol. The van der Waals surface area contributed by atoms with Crippen LogP contribution in [0.5, 0.6) is 11.5 Å². The van der Waals surface area contributed by atoms with E-state index in [-0.39, 0.29) is 28.9 Å². The highest BCUT2D eigenvalue weighted by molar-refractivity contribution is 5.99. The third-order valence-corrected chi connectivity index (χ3v) is 4.45. The van der Waals surface area contributed by atoms with Crippen LogP contribution in [0.2, 0.25) is 0 Å². The lowest BCUT2D eigenvalue weighted by molar-refractivity contribution is -0.385. The van der Waals surface area contributed by atoms with Gasteiger partial charge < -0.3 is 14.4 Å². The highest BCUT2D eigenvalue weighted by atomic mass is 16.6. The smallest absolute Gasteiger partial charge is 0.286 e. The van der Waals surface area contributed by atoms with Gasteiger partial charge >= 0.3 is 0 Å². The molecule has 0 saturated heterocycles. The molecule has 0 spiro atoms. The second-order valence-electron chi connectivity index (χ2n) is 5.92. The summed E-state index contributed by atoms with van der Waals surface area (Å²) in [5.74, 6) is 0.239. The summed E-state index contributed by atoms with van der Waals surface area (Å²) in [7, 11) is 3.13. The Morgan fingerprint density at radius 2 is 1.96 bits per heavy atom. The van der Waals surface area contributed by atoms with Crippen LogP contribution in [0.3, 0.4) is 0 Å². The molecule has 7 nitrogen and oxygen atoms in total. The minimum atomic E-state index is -0.555. The molecule has 0 unspecified atom stereocenters. The van der Waals surface area contributed by atoms with E-state index < -0.39 is 4.92 Å². The second kappa shape index (κ2) is 7.99. The molecule has 0 aromatic heterocycles. The lowest BCUT2D eigenvalue weighted by atomic mass is 9.94. The van der Waals surface area contributed by atoms with Gasteiger partial charge in [-0.1, -0.05) is 19.3 Å². The molecule has 0 aliphatic heterocycles. The van der Waals surface area contributed by atoms with Crippen molar-refractivity contribution in [1.29, 1.82) is 0 Å². The van der Waals surface area contributed by atoms with Crippen molar-refractivity contribution in [2.75, 3.05) is 20.8 Å². The molecule has 2 rings (SSSR count). The molecule has 1 aliphatic rings. The highest BCUT2D eigenvalue weighted by Crippen LogP contribution is 2.36. The molecule has 1 aromatic carbocycles. The van der Waals surface area contributed by atoms with Gasteiger partial charge in [-0.25, -0.2) is 0 Å². The van der Waals surface area contributed by atoms with E-state index in [0.29, 0.717) is 12.4 Å². The summed E-state index contributed by atoms with van der Waals surface area (Å²) in [6.07, 6.45) is 5.21. The molecule has 1 saturated carbocycles. The summed E-state index contributed by atoms with van der Waals surface area (Å²) >= 11 is 0. The quantitative estimate of drug-likeness (QED) is 0.587. The molecule has 7 heteroatoms. The molecule has 0 atom stereocenters. The van der Waals surface area contributed by atoms with E-state index >= 15 is 0 Å². The summed E-state index contributed by atoms with van der Waals surface area (Å²) < 4.78 is 10.6. The summed E-state index contributed by atoms with van der Waals surface area (Å²) in [5.41, 5.74) is -0.222. The predicted molar refractivity (Wildman–Crippen MR) is 89.8 cm³/mol. The number of nitrogens with zero attached hydrogens (tertiary/aromatic N) is 2. The molecular weight excluding hydrogens is 312 g/mol. The van der Waals surface area contributed by atoms with Crippen LogP contribution >= 0.6 is 0 Å². The fraction of sp³-hybridized carbons (Fsp3) is 0.588. The van der Waals surface area contributed by atoms with Gasteiger partial charge in [-0.15, -0.1) is 0 Å². The Morgan fingerprint density at radius 1 is 1.29 bits per heavy atom. The average Bonchev–Trinajstić information content (AvgIpc) is 2.61. The summed E-state index contributed by atoms with van der Waals surface area (Å²) in [6, 6.07) is 2.80. The number of nitro benzene ring substituents is 1. The molecule has 1 aromatic rings. The molecule has 1 fully saturated rings. The molecule has 0 radical (unpaired) electrons. The maximum absolute atomic E-state index is 12.9. The molecule has 0 heterocycles. The van der Waals surface area contributed by atoms with E-state index in [1.807, 2.05) is 0 Å². The van der Waals surface area contributed by atoms with E-state index in [2.05, 4.69) is 0 Å². The van der Waals surface area contributed by atoms with Gasteiger partial charge in [0.25, 0.3) is 11.6 Å². The van der Waals surface area contributed by atoms with Crippen molar-refractivity contribution in [1.82, 2.24) is 4.90 Å². The Balaban J connectivity index is 2.40. The number of hydrogen-bond acceptors (Lipinski definition) is 5. The van der Waals surface area contributed by atoms with Crippen LogP contribution in [0.1, 0.15) is 49.4 Å². The molecule has 24 heavy (non-hydrogen) atoms. The van der Waals surface area contributed by atoms with E-state index in [1.165, 1.54) is 25.7 Å². The second-order valence-corrected chi connectivity index (χ2v) is 5.92. The highest BCUT2D eigenvalue weighted by Gasteiger charge is 2.30. The van der Waals surface area contributed by atoms with Crippen LogP contribution in [0, 0.1) is 10.1 Å². The topological polar surface area (TPSA) is 81.9 Å². The summed E-state index contributed by atoms with van der Waals surface area (Å²) in [5, 5.41) is 11.4. The first-order chi connectivity index (χ1) is 11.5. The van der Waals surface area contributed by atoms with E-state index in [0.717, 1.165) is 25.7 Å². The summed E-state index contributed by atoms with van der Waals surface area (Å²) in [6.45, 7) is 2.18. The van der Waals surface area contributed by atoms with Crippen molar-refractivity contribution in [3.63, 3.8) is 0 Å². The SMILES string of the molecule is CCOc1cc(C(=O)N(C)C2CCCCC2)c([N+](=O)[O-])cc1OC. The maximum Gasteiger partial charge on any atom is 0.286 e. The van der Waals surface area contributed by atoms with Gasteiger partial charge in [0.05, 0.1) is 24.7 Å². The third-order valence-electron chi connectivity index (χ3n) is 4.45. The zero-order valence-electron chi connectivity index (χ0n) is 14.4. The van der Waals surface area contributed by atoms with Crippen molar-refractivity contribution < 1.29 is 19.2 Å². The third kappa shape index (κ3) is 3.77. The van der Waals surface area contributed by atoms with Gasteiger partial charge in [0.1, 0.15) is 5.56 Å². The minimum absolute atomic E-state index is 0.0392.